The lowest BCUT2D eigenvalue weighted by atomic mass is 9.66. The van der Waals surface area contributed by atoms with Crippen molar-refractivity contribution >= 4 is 17.7 Å². The molecule has 0 saturated heterocycles. The molecule has 1 saturated carbocycles. The number of rotatable bonds is 10. The quantitative estimate of drug-likeness (QED) is 0.287. The summed E-state index contributed by atoms with van der Waals surface area (Å²) in [5.74, 6) is -3.37. The van der Waals surface area contributed by atoms with Crippen LogP contribution in [0.15, 0.2) is 23.0 Å². The van der Waals surface area contributed by atoms with Crippen LogP contribution in [0.2, 0.25) is 0 Å². The molecule has 5 rings (SSSR count). The first-order valence-electron chi connectivity index (χ1n) is 14.4. The zero-order valence-corrected chi connectivity index (χ0v) is 24.7. The number of fused-ring (bicyclic) bond motifs is 2. The standard InChI is InChI=1S/C30H40FN5O6/c1-5-42-15-7-6-10-29-11-13-30(14-12-29,34-25(39)27(41)35(3)4)28-33-22(23(37)26(40)36(28)18-29)24(38)32-17-20-8-9-21(31)19(2)16-20/h8-9,16,37H,5-7,10-15,17-18H2,1-4H3,(H,32,38)(H,34,39). The summed E-state index contributed by atoms with van der Waals surface area (Å²) in [6, 6.07) is 4.42. The molecule has 3 aliphatic rings. The van der Waals surface area contributed by atoms with Gasteiger partial charge in [0.05, 0.1) is 5.54 Å². The van der Waals surface area contributed by atoms with Crippen LogP contribution in [0.25, 0.3) is 0 Å². The van der Waals surface area contributed by atoms with Gasteiger partial charge in [-0.15, -0.1) is 0 Å². The van der Waals surface area contributed by atoms with Crippen LogP contribution in [0.3, 0.4) is 0 Å². The van der Waals surface area contributed by atoms with E-state index in [-0.39, 0.29) is 30.1 Å². The number of halogens is 1. The first kappa shape index (κ1) is 31.1. The van der Waals surface area contributed by atoms with Crippen LogP contribution < -0.4 is 16.2 Å². The summed E-state index contributed by atoms with van der Waals surface area (Å²) in [4.78, 5) is 58.1. The number of hydrogen-bond donors (Lipinski definition) is 3. The molecule has 2 bridgehead atoms. The van der Waals surface area contributed by atoms with E-state index < -0.39 is 40.3 Å². The van der Waals surface area contributed by atoms with Gasteiger partial charge in [0.1, 0.15) is 11.6 Å². The van der Waals surface area contributed by atoms with Crippen molar-refractivity contribution < 1.29 is 28.6 Å². The lowest BCUT2D eigenvalue weighted by Crippen LogP contribution is -2.54. The number of aryl methyl sites for hydroxylation is 1. The molecule has 228 valence electrons. The topological polar surface area (TPSA) is 143 Å². The molecule has 0 radical (unpaired) electrons. The Kier molecular flexibility index (Phi) is 9.34. The predicted octanol–water partition coefficient (Wildman–Crippen LogP) is 2.51. The molecule has 0 spiro atoms. The molecule has 1 aliphatic carbocycles. The van der Waals surface area contributed by atoms with E-state index in [0.29, 0.717) is 50.0 Å². The van der Waals surface area contributed by atoms with Gasteiger partial charge in [-0.2, -0.15) is 0 Å². The van der Waals surface area contributed by atoms with Gasteiger partial charge < -0.3 is 25.4 Å². The predicted molar refractivity (Wildman–Crippen MR) is 152 cm³/mol. The first-order chi connectivity index (χ1) is 19.9. The Hall–Kier alpha value is -3.80. The van der Waals surface area contributed by atoms with Crippen LogP contribution in [0.5, 0.6) is 5.75 Å². The molecule has 11 nitrogen and oxygen atoms in total. The Morgan fingerprint density at radius 2 is 1.88 bits per heavy atom. The molecule has 0 unspecified atom stereocenters. The zero-order valence-electron chi connectivity index (χ0n) is 24.7. The SMILES string of the molecule is CCOCCCCC12CCC(NC(=O)C(=O)N(C)C)(CC1)c1nc(C(=O)NCc3ccc(F)c(C)c3)c(O)c(=O)n1C2. The Labute approximate surface area is 244 Å². The van der Waals surface area contributed by atoms with Gasteiger partial charge in [0.25, 0.3) is 11.5 Å². The van der Waals surface area contributed by atoms with Gasteiger partial charge in [-0.25, -0.2) is 9.37 Å². The highest BCUT2D eigenvalue weighted by atomic mass is 19.1. The molecule has 2 aliphatic heterocycles. The van der Waals surface area contributed by atoms with Gasteiger partial charge >= 0.3 is 11.8 Å². The molecule has 1 fully saturated rings. The molecular formula is C30H40FN5O6. The summed E-state index contributed by atoms with van der Waals surface area (Å²) in [5.41, 5.74) is -1.65. The Morgan fingerprint density at radius 1 is 1.17 bits per heavy atom. The van der Waals surface area contributed by atoms with Crippen molar-refractivity contribution in [1.82, 2.24) is 25.1 Å². The maximum Gasteiger partial charge on any atom is 0.311 e. The fraction of sp³-hybridized carbons (Fsp3) is 0.567. The maximum atomic E-state index is 13.7. The van der Waals surface area contributed by atoms with Crippen molar-refractivity contribution in [3.8, 4) is 5.75 Å². The minimum Gasteiger partial charge on any atom is -0.501 e. The summed E-state index contributed by atoms with van der Waals surface area (Å²) in [6.45, 7) is 5.13. The van der Waals surface area contributed by atoms with Crippen LogP contribution in [0.4, 0.5) is 4.39 Å². The van der Waals surface area contributed by atoms with Gasteiger partial charge in [-0.3, -0.25) is 23.7 Å². The van der Waals surface area contributed by atoms with E-state index in [1.165, 1.54) is 35.7 Å². The van der Waals surface area contributed by atoms with Crippen LogP contribution in [0, 0.1) is 18.2 Å². The molecule has 3 heterocycles. The molecule has 1 aromatic carbocycles. The van der Waals surface area contributed by atoms with Gasteiger partial charge in [-0.05, 0) is 75.0 Å². The zero-order chi connectivity index (χ0) is 30.7. The smallest absolute Gasteiger partial charge is 0.311 e. The van der Waals surface area contributed by atoms with Crippen molar-refractivity contribution in [2.75, 3.05) is 27.3 Å². The number of nitrogens with zero attached hydrogens (tertiary/aromatic N) is 3. The second-order valence-corrected chi connectivity index (χ2v) is 11.7. The molecule has 42 heavy (non-hydrogen) atoms. The second-order valence-electron chi connectivity index (χ2n) is 11.7. The lowest BCUT2D eigenvalue weighted by molar-refractivity contribution is -0.145. The van der Waals surface area contributed by atoms with E-state index in [1.807, 2.05) is 6.92 Å². The molecule has 3 amide bonds. The number of amides is 3. The molecule has 0 atom stereocenters. The van der Waals surface area contributed by atoms with Crippen molar-refractivity contribution in [3.05, 3.63) is 57.0 Å². The summed E-state index contributed by atoms with van der Waals surface area (Å²) in [6.07, 6.45) is 4.71. The minimum absolute atomic E-state index is 0.0174. The molecule has 3 N–H and O–H groups in total. The Bertz CT molecular complexity index is 1410. The highest BCUT2D eigenvalue weighted by molar-refractivity contribution is 6.35. The van der Waals surface area contributed by atoms with Crippen LogP contribution in [-0.4, -0.2) is 64.6 Å². The molecule has 12 heteroatoms. The van der Waals surface area contributed by atoms with Crippen LogP contribution in [-0.2, 0) is 33.0 Å². The Morgan fingerprint density at radius 3 is 2.52 bits per heavy atom. The lowest BCUT2D eigenvalue weighted by Gasteiger charge is -2.42. The van der Waals surface area contributed by atoms with Crippen LogP contribution >= 0.6 is 0 Å². The summed E-state index contributed by atoms with van der Waals surface area (Å²) in [7, 11) is 2.95. The van der Waals surface area contributed by atoms with Crippen LogP contribution in [0.1, 0.15) is 79.3 Å². The van der Waals surface area contributed by atoms with Crippen molar-refractivity contribution in [3.63, 3.8) is 0 Å². The number of ether oxygens (including phenoxy) is 1. The summed E-state index contributed by atoms with van der Waals surface area (Å²) < 4.78 is 20.5. The van der Waals surface area contributed by atoms with E-state index >= 15 is 0 Å². The molecular weight excluding hydrogens is 545 g/mol. The number of likely N-dealkylation sites (N-methyl/N-ethyl adjacent to an activating group) is 1. The second kappa shape index (κ2) is 12.6. The highest BCUT2D eigenvalue weighted by Crippen LogP contribution is 2.51. The average Bonchev–Trinajstić information content (AvgIpc) is 3.18. The largest absolute Gasteiger partial charge is 0.501 e. The van der Waals surface area contributed by atoms with E-state index in [2.05, 4.69) is 15.6 Å². The first-order valence-corrected chi connectivity index (χ1v) is 14.4. The Balaban J connectivity index is 1.69. The number of aromatic hydroxyl groups is 1. The monoisotopic (exact) mass is 585 g/mol. The third-order valence-electron chi connectivity index (χ3n) is 8.52. The minimum atomic E-state index is -1.18. The van der Waals surface area contributed by atoms with Gasteiger partial charge in [0.15, 0.2) is 5.69 Å². The van der Waals surface area contributed by atoms with E-state index in [4.69, 9.17) is 4.74 Å². The van der Waals surface area contributed by atoms with Gasteiger partial charge in [0, 0.05) is 40.4 Å². The third-order valence-corrected chi connectivity index (χ3v) is 8.52. The number of carbonyl (C=O) groups is 3. The summed E-state index contributed by atoms with van der Waals surface area (Å²) in [5, 5.41) is 16.4. The maximum absolute atomic E-state index is 13.7. The number of nitrogens with one attached hydrogen (secondary N) is 2. The number of hydrogen-bond acceptors (Lipinski definition) is 7. The number of benzene rings is 1. The number of aromatic nitrogens is 2. The number of unbranched alkanes of at least 4 members (excludes halogenated alkanes) is 1. The van der Waals surface area contributed by atoms with Gasteiger partial charge in [0.2, 0.25) is 5.75 Å². The average molecular weight is 586 g/mol. The fourth-order valence-electron chi connectivity index (χ4n) is 6.05. The van der Waals surface area contributed by atoms with E-state index in [9.17, 15) is 28.7 Å². The van der Waals surface area contributed by atoms with Crippen molar-refractivity contribution in [1.29, 1.82) is 0 Å². The fourth-order valence-corrected chi connectivity index (χ4v) is 6.05. The van der Waals surface area contributed by atoms with E-state index in [1.54, 1.807) is 13.0 Å². The summed E-state index contributed by atoms with van der Waals surface area (Å²) >= 11 is 0. The normalized spacial score (nSPS) is 20.9. The highest BCUT2D eigenvalue weighted by Gasteiger charge is 2.51. The van der Waals surface area contributed by atoms with Crippen molar-refractivity contribution in [2.45, 2.75) is 77.4 Å². The third kappa shape index (κ3) is 6.33. The van der Waals surface area contributed by atoms with Crippen molar-refractivity contribution in [2.24, 2.45) is 5.41 Å². The van der Waals surface area contributed by atoms with Gasteiger partial charge in [-0.1, -0.05) is 18.6 Å². The molecule has 1 aromatic heterocycles. The molecule has 2 aromatic rings. The van der Waals surface area contributed by atoms with E-state index in [0.717, 1.165) is 19.3 Å². The number of carbonyl (C=O) groups excluding carboxylic acids is 3.